The third-order valence-corrected chi connectivity index (χ3v) is 5.02. The molecule has 0 spiro atoms. The van der Waals surface area contributed by atoms with Gasteiger partial charge in [0.2, 0.25) is 0 Å². The van der Waals surface area contributed by atoms with Crippen LogP contribution in [0.3, 0.4) is 0 Å². The Morgan fingerprint density at radius 3 is 2.71 bits per heavy atom. The molecule has 0 amide bonds. The fraction of sp³-hybridized carbons (Fsp3) is 0.562. The summed E-state index contributed by atoms with van der Waals surface area (Å²) in [6, 6.07) is 3.72. The van der Waals surface area contributed by atoms with Gasteiger partial charge >= 0.3 is 0 Å². The number of halogens is 3. The van der Waals surface area contributed by atoms with Gasteiger partial charge in [-0.3, -0.25) is 0 Å². The van der Waals surface area contributed by atoms with E-state index < -0.39 is 0 Å². The lowest BCUT2D eigenvalue weighted by molar-refractivity contribution is 0.397. The van der Waals surface area contributed by atoms with E-state index in [1.165, 1.54) is 0 Å². The fourth-order valence-corrected chi connectivity index (χ4v) is 3.37. The number of alkyl halides is 1. The number of rotatable bonds is 6. The zero-order valence-electron chi connectivity index (χ0n) is 12.7. The van der Waals surface area contributed by atoms with Crippen LogP contribution in [0, 0.1) is 15.3 Å². The molecule has 1 heterocycles. The van der Waals surface area contributed by atoms with Crippen LogP contribution in [0.2, 0.25) is 0 Å². The van der Waals surface area contributed by atoms with Crippen molar-refractivity contribution in [2.75, 3.05) is 5.88 Å². The molecule has 2 unspecified atom stereocenters. The van der Waals surface area contributed by atoms with E-state index in [1.54, 1.807) is 6.07 Å². The van der Waals surface area contributed by atoms with E-state index in [9.17, 15) is 4.39 Å². The van der Waals surface area contributed by atoms with Gasteiger partial charge in [-0.1, -0.05) is 20.3 Å². The molecular weight excluding hydrogens is 402 g/mol. The molecule has 1 aromatic heterocycles. The van der Waals surface area contributed by atoms with Crippen molar-refractivity contribution < 1.29 is 4.39 Å². The van der Waals surface area contributed by atoms with Crippen LogP contribution in [0.5, 0.6) is 0 Å². The third-order valence-electron chi connectivity index (χ3n) is 4.00. The molecule has 2 rings (SSSR count). The van der Waals surface area contributed by atoms with Gasteiger partial charge in [0, 0.05) is 24.4 Å². The minimum absolute atomic E-state index is 0.183. The van der Waals surface area contributed by atoms with Gasteiger partial charge in [-0.05, 0) is 47.9 Å². The lowest BCUT2D eigenvalue weighted by atomic mass is 10.00. The van der Waals surface area contributed by atoms with Crippen molar-refractivity contribution in [2.24, 2.45) is 5.92 Å². The number of benzene rings is 1. The Morgan fingerprint density at radius 1 is 1.38 bits per heavy atom. The Labute approximate surface area is 144 Å². The third kappa shape index (κ3) is 3.70. The Morgan fingerprint density at radius 2 is 2.10 bits per heavy atom. The van der Waals surface area contributed by atoms with Crippen molar-refractivity contribution in [3.05, 3.63) is 27.3 Å². The van der Waals surface area contributed by atoms with Gasteiger partial charge in [0.05, 0.1) is 14.6 Å². The molecule has 5 heteroatoms. The summed E-state index contributed by atoms with van der Waals surface area (Å²) in [7, 11) is 0. The summed E-state index contributed by atoms with van der Waals surface area (Å²) in [6.07, 6.45) is 2.91. The van der Waals surface area contributed by atoms with Crippen LogP contribution in [0.4, 0.5) is 4.39 Å². The zero-order valence-corrected chi connectivity index (χ0v) is 15.6. The predicted molar refractivity (Wildman–Crippen MR) is 95.6 cm³/mol. The molecule has 0 fully saturated rings. The van der Waals surface area contributed by atoms with Crippen LogP contribution in [0.1, 0.15) is 45.5 Å². The van der Waals surface area contributed by atoms with Gasteiger partial charge in [0.25, 0.3) is 0 Å². The van der Waals surface area contributed by atoms with Crippen LogP contribution in [-0.4, -0.2) is 15.4 Å². The van der Waals surface area contributed by atoms with E-state index in [0.29, 0.717) is 27.8 Å². The van der Waals surface area contributed by atoms with Crippen molar-refractivity contribution in [3.8, 4) is 0 Å². The van der Waals surface area contributed by atoms with E-state index in [0.717, 1.165) is 29.7 Å². The Kier molecular flexibility index (Phi) is 5.88. The van der Waals surface area contributed by atoms with Crippen molar-refractivity contribution in [1.82, 2.24) is 9.55 Å². The first-order valence-corrected chi connectivity index (χ1v) is 9.01. The number of hydrogen-bond acceptors (Lipinski definition) is 1. The minimum atomic E-state index is -0.183. The molecule has 2 atom stereocenters. The van der Waals surface area contributed by atoms with Crippen molar-refractivity contribution >= 4 is 45.2 Å². The van der Waals surface area contributed by atoms with Crippen molar-refractivity contribution in [2.45, 2.75) is 46.1 Å². The summed E-state index contributed by atoms with van der Waals surface area (Å²) >= 11 is 7.91. The second-order valence-electron chi connectivity index (χ2n) is 5.69. The SMILES string of the molecule is CCC(C)CC(C)n1c(CCCl)nc2cc(I)c(F)cc21. The van der Waals surface area contributed by atoms with Gasteiger partial charge in [0.15, 0.2) is 0 Å². The lowest BCUT2D eigenvalue weighted by Gasteiger charge is -2.20. The van der Waals surface area contributed by atoms with Crippen molar-refractivity contribution in [1.29, 1.82) is 0 Å². The van der Waals surface area contributed by atoms with E-state index in [4.69, 9.17) is 11.6 Å². The highest BCUT2D eigenvalue weighted by Gasteiger charge is 2.18. The molecule has 0 aliphatic heterocycles. The molecule has 1 aromatic carbocycles. The van der Waals surface area contributed by atoms with Crippen LogP contribution < -0.4 is 0 Å². The first-order chi connectivity index (χ1) is 9.97. The Hall–Kier alpha value is -0.360. The predicted octanol–water partition coefficient (Wildman–Crippen LogP) is 5.56. The average molecular weight is 423 g/mol. The minimum Gasteiger partial charge on any atom is -0.325 e. The topological polar surface area (TPSA) is 17.8 Å². The largest absolute Gasteiger partial charge is 0.325 e. The lowest BCUT2D eigenvalue weighted by Crippen LogP contribution is -2.13. The number of aryl methyl sites for hydroxylation is 1. The molecule has 0 N–H and O–H groups in total. The fourth-order valence-electron chi connectivity index (χ4n) is 2.75. The zero-order chi connectivity index (χ0) is 15.6. The van der Waals surface area contributed by atoms with Crippen LogP contribution in [0.15, 0.2) is 12.1 Å². The van der Waals surface area contributed by atoms with Crippen LogP contribution in [-0.2, 0) is 6.42 Å². The molecule has 2 nitrogen and oxygen atoms in total. The maximum atomic E-state index is 13.9. The highest BCUT2D eigenvalue weighted by atomic mass is 127. The molecule has 0 radical (unpaired) electrons. The normalized spacial score (nSPS) is 14.6. The van der Waals surface area contributed by atoms with Gasteiger partial charge in [-0.2, -0.15) is 0 Å². The number of fused-ring (bicyclic) bond motifs is 1. The molecule has 116 valence electrons. The van der Waals surface area contributed by atoms with Crippen molar-refractivity contribution in [3.63, 3.8) is 0 Å². The standard InChI is InChI=1S/C16H21ClFIN2/c1-4-10(2)7-11(3)21-15-8-12(18)13(19)9-14(15)20-16(21)5-6-17/h8-11H,4-7H2,1-3H3. The number of imidazole rings is 1. The van der Waals surface area contributed by atoms with Gasteiger partial charge in [-0.15, -0.1) is 11.6 Å². The number of nitrogens with zero attached hydrogens (tertiary/aromatic N) is 2. The molecule has 21 heavy (non-hydrogen) atoms. The molecule has 0 aliphatic rings. The van der Waals surface area contributed by atoms with Gasteiger partial charge in [0.1, 0.15) is 11.6 Å². The summed E-state index contributed by atoms with van der Waals surface area (Å²) in [5.41, 5.74) is 1.74. The van der Waals surface area contributed by atoms with E-state index in [2.05, 4.69) is 30.3 Å². The maximum Gasteiger partial charge on any atom is 0.138 e. The molecule has 0 saturated carbocycles. The number of hydrogen-bond donors (Lipinski definition) is 0. The Balaban J connectivity index is 2.52. The average Bonchev–Trinajstić information content (AvgIpc) is 2.76. The maximum absolute atomic E-state index is 13.9. The Bertz CT molecular complexity index is 626. The monoisotopic (exact) mass is 422 g/mol. The van der Waals surface area contributed by atoms with Gasteiger partial charge < -0.3 is 4.57 Å². The summed E-state index contributed by atoms with van der Waals surface area (Å²) in [4.78, 5) is 4.67. The summed E-state index contributed by atoms with van der Waals surface area (Å²) < 4.78 is 16.7. The second-order valence-corrected chi connectivity index (χ2v) is 7.23. The molecule has 2 aromatic rings. The van der Waals surface area contributed by atoms with E-state index in [-0.39, 0.29) is 5.82 Å². The van der Waals surface area contributed by atoms with Crippen LogP contribution in [0.25, 0.3) is 11.0 Å². The summed E-state index contributed by atoms with van der Waals surface area (Å²) in [5.74, 6) is 1.93. The molecule has 0 saturated heterocycles. The van der Waals surface area contributed by atoms with Gasteiger partial charge in [-0.25, -0.2) is 9.37 Å². The second kappa shape index (κ2) is 7.27. The smallest absolute Gasteiger partial charge is 0.138 e. The first-order valence-electron chi connectivity index (χ1n) is 7.39. The number of aromatic nitrogens is 2. The highest BCUT2D eigenvalue weighted by molar-refractivity contribution is 14.1. The van der Waals surface area contributed by atoms with E-state index in [1.807, 2.05) is 28.7 Å². The van der Waals surface area contributed by atoms with E-state index >= 15 is 0 Å². The summed E-state index contributed by atoms with van der Waals surface area (Å²) in [5, 5.41) is 0. The molecule has 0 aliphatic carbocycles. The molecule has 0 bridgehead atoms. The first kappa shape index (κ1) is 17.0. The highest BCUT2D eigenvalue weighted by Crippen LogP contribution is 2.29. The quantitative estimate of drug-likeness (QED) is 0.440. The molecular formula is C16H21ClFIN2. The van der Waals surface area contributed by atoms with Crippen LogP contribution >= 0.6 is 34.2 Å². The summed E-state index contributed by atoms with van der Waals surface area (Å²) in [6.45, 7) is 6.63.